The summed E-state index contributed by atoms with van der Waals surface area (Å²) in [7, 11) is 0. The van der Waals surface area contributed by atoms with E-state index in [9.17, 15) is 4.39 Å². The highest BCUT2D eigenvalue weighted by Crippen LogP contribution is 2.37. The van der Waals surface area contributed by atoms with E-state index < -0.39 is 0 Å². The average Bonchev–Trinajstić information content (AvgIpc) is 2.30. The Morgan fingerprint density at radius 1 is 1.24 bits per heavy atom. The van der Waals surface area contributed by atoms with Crippen LogP contribution in [0.25, 0.3) is 0 Å². The lowest BCUT2D eigenvalue weighted by Crippen LogP contribution is -2.33. The minimum atomic E-state index is -0.176. The molecule has 0 unspecified atom stereocenters. The van der Waals surface area contributed by atoms with Gasteiger partial charge in [0, 0.05) is 15.1 Å². The van der Waals surface area contributed by atoms with Gasteiger partial charge in [-0.15, -0.1) is 0 Å². The van der Waals surface area contributed by atoms with Crippen molar-refractivity contribution in [2.24, 2.45) is 11.3 Å². The molecule has 1 aromatic carbocycles. The monoisotopic (exact) mass is 428 g/mol. The second-order valence-corrected chi connectivity index (χ2v) is 6.67. The van der Waals surface area contributed by atoms with Gasteiger partial charge in [-0.1, -0.05) is 61.6 Å². The fourth-order valence-corrected chi connectivity index (χ4v) is 4.71. The van der Waals surface area contributed by atoms with Gasteiger partial charge in [0.1, 0.15) is 5.82 Å². The first-order chi connectivity index (χ1) is 7.95. The maximum Gasteiger partial charge on any atom is 0.123 e. The SMILES string of the molecule is CC(C)C(CBr)(CBr)Cc1cc(F)ccc1Br. The molecule has 1 rings (SSSR count). The van der Waals surface area contributed by atoms with Gasteiger partial charge in [0.05, 0.1) is 0 Å². The molecule has 0 aliphatic heterocycles. The quantitative estimate of drug-likeness (QED) is 0.536. The molecule has 0 bridgehead atoms. The number of benzene rings is 1. The lowest BCUT2D eigenvalue weighted by Gasteiger charge is -2.34. The number of hydrogen-bond donors (Lipinski definition) is 0. The molecular formula is C13H16Br3F. The molecular weight excluding hydrogens is 415 g/mol. The van der Waals surface area contributed by atoms with Crippen LogP contribution in [0.3, 0.4) is 0 Å². The van der Waals surface area contributed by atoms with Crippen LogP contribution in [0.5, 0.6) is 0 Å². The Balaban J connectivity index is 3.05. The summed E-state index contributed by atoms with van der Waals surface area (Å²) in [4.78, 5) is 0. The van der Waals surface area contributed by atoms with E-state index in [1.165, 1.54) is 6.07 Å². The second kappa shape index (κ2) is 6.67. The molecule has 0 aromatic heterocycles. The van der Waals surface area contributed by atoms with Crippen molar-refractivity contribution in [1.82, 2.24) is 0 Å². The van der Waals surface area contributed by atoms with Crippen LogP contribution in [0.15, 0.2) is 22.7 Å². The number of alkyl halides is 2. The molecule has 0 aliphatic carbocycles. The first kappa shape index (κ1) is 15.6. The highest BCUT2D eigenvalue weighted by atomic mass is 79.9. The first-order valence-electron chi connectivity index (χ1n) is 5.51. The van der Waals surface area contributed by atoms with Crippen LogP contribution in [-0.4, -0.2) is 10.7 Å². The van der Waals surface area contributed by atoms with E-state index in [1.54, 1.807) is 12.1 Å². The Hall–Kier alpha value is 0.590. The molecule has 0 N–H and O–H groups in total. The predicted molar refractivity (Wildman–Crippen MR) is 82.7 cm³/mol. The molecule has 17 heavy (non-hydrogen) atoms. The Morgan fingerprint density at radius 3 is 2.29 bits per heavy atom. The molecule has 0 heterocycles. The largest absolute Gasteiger partial charge is 0.207 e. The fourth-order valence-electron chi connectivity index (χ4n) is 1.70. The molecule has 0 aliphatic rings. The first-order valence-corrected chi connectivity index (χ1v) is 8.54. The van der Waals surface area contributed by atoms with Crippen molar-refractivity contribution in [3.63, 3.8) is 0 Å². The smallest absolute Gasteiger partial charge is 0.123 e. The van der Waals surface area contributed by atoms with Crippen LogP contribution < -0.4 is 0 Å². The van der Waals surface area contributed by atoms with Gasteiger partial charge in [-0.2, -0.15) is 0 Å². The van der Waals surface area contributed by atoms with E-state index in [0.29, 0.717) is 5.92 Å². The van der Waals surface area contributed by atoms with Crippen LogP contribution in [0.4, 0.5) is 4.39 Å². The zero-order valence-electron chi connectivity index (χ0n) is 9.94. The minimum absolute atomic E-state index is 0.107. The van der Waals surface area contributed by atoms with Crippen LogP contribution in [0.1, 0.15) is 19.4 Å². The molecule has 1 aromatic rings. The number of halogens is 4. The summed E-state index contributed by atoms with van der Waals surface area (Å²) in [6, 6.07) is 4.87. The Morgan fingerprint density at radius 2 is 1.82 bits per heavy atom. The number of rotatable bonds is 5. The highest BCUT2D eigenvalue weighted by Gasteiger charge is 2.32. The molecule has 0 radical (unpaired) electrons. The van der Waals surface area contributed by atoms with Crippen molar-refractivity contribution in [2.75, 3.05) is 10.7 Å². The van der Waals surface area contributed by atoms with E-state index in [2.05, 4.69) is 61.6 Å². The summed E-state index contributed by atoms with van der Waals surface area (Å²) in [6.07, 6.45) is 0.847. The fraction of sp³-hybridized carbons (Fsp3) is 0.538. The van der Waals surface area contributed by atoms with E-state index in [4.69, 9.17) is 0 Å². The van der Waals surface area contributed by atoms with Gasteiger partial charge in [-0.05, 0) is 41.5 Å². The average molecular weight is 431 g/mol. The van der Waals surface area contributed by atoms with E-state index >= 15 is 0 Å². The van der Waals surface area contributed by atoms with Crippen LogP contribution in [0.2, 0.25) is 0 Å². The van der Waals surface area contributed by atoms with Gasteiger partial charge >= 0.3 is 0 Å². The second-order valence-electron chi connectivity index (χ2n) is 4.70. The predicted octanol–water partition coefficient (Wildman–Crippen LogP) is 5.56. The Labute approximate surface area is 128 Å². The van der Waals surface area contributed by atoms with E-state index in [-0.39, 0.29) is 11.2 Å². The molecule has 0 atom stereocenters. The zero-order valence-corrected chi connectivity index (χ0v) is 14.7. The summed E-state index contributed by atoms with van der Waals surface area (Å²) < 4.78 is 14.3. The molecule has 0 fully saturated rings. The molecule has 4 heteroatoms. The van der Waals surface area contributed by atoms with E-state index in [1.807, 2.05) is 0 Å². The topological polar surface area (TPSA) is 0 Å². The lowest BCUT2D eigenvalue weighted by atomic mass is 9.76. The van der Waals surface area contributed by atoms with Gasteiger partial charge in [0.2, 0.25) is 0 Å². The third kappa shape index (κ3) is 3.77. The summed E-state index contributed by atoms with van der Waals surface area (Å²) in [5, 5.41) is 1.79. The Kier molecular flexibility index (Phi) is 6.14. The van der Waals surface area contributed by atoms with Gasteiger partial charge in [-0.25, -0.2) is 4.39 Å². The van der Waals surface area contributed by atoms with Crippen molar-refractivity contribution in [2.45, 2.75) is 20.3 Å². The van der Waals surface area contributed by atoms with Crippen LogP contribution in [0, 0.1) is 17.2 Å². The molecule has 0 spiro atoms. The molecule has 96 valence electrons. The van der Waals surface area contributed by atoms with E-state index in [0.717, 1.165) is 27.1 Å². The van der Waals surface area contributed by atoms with Crippen molar-refractivity contribution in [3.8, 4) is 0 Å². The summed E-state index contributed by atoms with van der Waals surface area (Å²) in [5.74, 6) is 0.335. The molecule has 0 nitrogen and oxygen atoms in total. The standard InChI is InChI=1S/C13H16Br3F/c1-9(2)13(7-14,8-15)6-10-5-11(17)3-4-12(10)16/h3-5,9H,6-8H2,1-2H3. The summed E-state index contributed by atoms with van der Waals surface area (Å²) in [6.45, 7) is 4.41. The molecule has 0 saturated heterocycles. The molecule has 0 amide bonds. The zero-order chi connectivity index (χ0) is 13.1. The minimum Gasteiger partial charge on any atom is -0.207 e. The molecule has 0 saturated carbocycles. The third-order valence-electron chi connectivity index (χ3n) is 3.31. The van der Waals surface area contributed by atoms with Gasteiger partial charge in [0.15, 0.2) is 0 Å². The summed E-state index contributed by atoms with van der Waals surface area (Å²) in [5.41, 5.74) is 1.13. The van der Waals surface area contributed by atoms with Crippen molar-refractivity contribution < 1.29 is 4.39 Å². The summed E-state index contributed by atoms with van der Waals surface area (Å²) >= 11 is 10.7. The van der Waals surface area contributed by atoms with Crippen LogP contribution >= 0.6 is 47.8 Å². The third-order valence-corrected chi connectivity index (χ3v) is 6.31. The van der Waals surface area contributed by atoms with Crippen molar-refractivity contribution in [3.05, 3.63) is 34.1 Å². The highest BCUT2D eigenvalue weighted by molar-refractivity contribution is 9.10. The maximum absolute atomic E-state index is 13.3. The van der Waals surface area contributed by atoms with Crippen molar-refractivity contribution >= 4 is 47.8 Å². The Bertz CT molecular complexity index is 373. The van der Waals surface area contributed by atoms with Gasteiger partial charge in [0.25, 0.3) is 0 Å². The number of hydrogen-bond acceptors (Lipinski definition) is 0. The van der Waals surface area contributed by atoms with Crippen LogP contribution in [-0.2, 0) is 6.42 Å². The lowest BCUT2D eigenvalue weighted by molar-refractivity contribution is 0.267. The van der Waals surface area contributed by atoms with Gasteiger partial charge < -0.3 is 0 Å². The van der Waals surface area contributed by atoms with Gasteiger partial charge in [-0.3, -0.25) is 0 Å². The van der Waals surface area contributed by atoms with Crippen molar-refractivity contribution in [1.29, 1.82) is 0 Å². The maximum atomic E-state index is 13.3. The normalized spacial score (nSPS) is 12.2.